The lowest BCUT2D eigenvalue weighted by atomic mass is 10.4. The van der Waals surface area contributed by atoms with Crippen molar-refractivity contribution in [1.82, 2.24) is 14.3 Å². The summed E-state index contributed by atoms with van der Waals surface area (Å²) in [6.45, 7) is 0.0927. The van der Waals surface area contributed by atoms with Gasteiger partial charge in [-0.1, -0.05) is 0 Å². The fraction of sp³-hybridized carbons (Fsp3) is 0.500. The van der Waals surface area contributed by atoms with Crippen molar-refractivity contribution < 1.29 is 13.9 Å². The number of thiazole rings is 1. The fourth-order valence-corrected chi connectivity index (χ4v) is 2.37. The molecule has 2 aromatic rings. The van der Waals surface area contributed by atoms with Gasteiger partial charge in [0.2, 0.25) is 0 Å². The minimum absolute atomic E-state index is 0.130. The number of rotatable bonds is 6. The van der Waals surface area contributed by atoms with E-state index >= 15 is 0 Å². The van der Waals surface area contributed by atoms with Crippen LogP contribution in [0.25, 0.3) is 4.96 Å². The van der Waals surface area contributed by atoms with Crippen LogP contribution in [0.3, 0.4) is 0 Å². The molecule has 0 aliphatic carbocycles. The first kappa shape index (κ1) is 12.4. The summed E-state index contributed by atoms with van der Waals surface area (Å²) < 4.78 is 26.5. The van der Waals surface area contributed by atoms with Crippen LogP contribution in [0, 0.1) is 0 Å². The number of aliphatic hydroxyl groups is 1. The van der Waals surface area contributed by atoms with Crippen molar-refractivity contribution in [3.05, 3.63) is 23.5 Å². The Labute approximate surface area is 101 Å². The quantitative estimate of drug-likeness (QED) is 0.855. The van der Waals surface area contributed by atoms with Crippen LogP contribution in [0.2, 0.25) is 0 Å². The van der Waals surface area contributed by atoms with Crippen molar-refractivity contribution in [2.24, 2.45) is 0 Å². The fourth-order valence-electron chi connectivity index (χ4n) is 1.65. The van der Waals surface area contributed by atoms with E-state index in [9.17, 15) is 8.78 Å². The first-order valence-corrected chi connectivity index (χ1v) is 6.09. The summed E-state index contributed by atoms with van der Waals surface area (Å²) in [6.07, 6.45) is 1.30. The summed E-state index contributed by atoms with van der Waals surface area (Å²) in [5.74, 6) is 0. The molecule has 0 bridgehead atoms. The van der Waals surface area contributed by atoms with Crippen LogP contribution in [0.1, 0.15) is 5.69 Å². The lowest BCUT2D eigenvalue weighted by Crippen LogP contribution is -2.31. The Hall–Kier alpha value is -1.05. The molecule has 17 heavy (non-hydrogen) atoms. The van der Waals surface area contributed by atoms with Crippen LogP contribution >= 0.6 is 11.3 Å². The zero-order chi connectivity index (χ0) is 12.3. The predicted molar refractivity (Wildman–Crippen MR) is 61.4 cm³/mol. The van der Waals surface area contributed by atoms with Gasteiger partial charge in [-0.05, 0) is 0 Å². The summed E-state index contributed by atoms with van der Waals surface area (Å²) >= 11 is 1.50. The Morgan fingerprint density at radius 3 is 3.00 bits per heavy atom. The molecule has 0 amide bonds. The number of alkyl halides is 2. The highest BCUT2D eigenvalue weighted by atomic mass is 32.1. The SMILES string of the molecule is OCCN(Cc1cn2ccsc2n1)CC(F)F. The number of hydrogen-bond donors (Lipinski definition) is 1. The Bertz CT molecular complexity index is 442. The normalized spacial score (nSPS) is 12.1. The molecule has 0 spiro atoms. The molecule has 2 aromatic heterocycles. The zero-order valence-corrected chi connectivity index (χ0v) is 9.91. The molecule has 0 saturated heterocycles. The van der Waals surface area contributed by atoms with Crippen LogP contribution in [0.5, 0.6) is 0 Å². The van der Waals surface area contributed by atoms with E-state index < -0.39 is 6.43 Å². The van der Waals surface area contributed by atoms with Crippen LogP contribution in [-0.4, -0.2) is 45.5 Å². The van der Waals surface area contributed by atoms with Gasteiger partial charge >= 0.3 is 0 Å². The number of halogens is 2. The van der Waals surface area contributed by atoms with E-state index in [1.807, 2.05) is 22.2 Å². The topological polar surface area (TPSA) is 40.8 Å². The highest BCUT2D eigenvalue weighted by Crippen LogP contribution is 2.13. The molecule has 0 unspecified atom stereocenters. The Kier molecular flexibility index (Phi) is 4.03. The van der Waals surface area contributed by atoms with Crippen LogP contribution in [-0.2, 0) is 6.54 Å². The minimum atomic E-state index is -2.40. The molecule has 0 fully saturated rings. The van der Waals surface area contributed by atoms with E-state index in [1.54, 1.807) is 0 Å². The van der Waals surface area contributed by atoms with Gasteiger partial charge in [0.25, 0.3) is 6.43 Å². The van der Waals surface area contributed by atoms with E-state index in [0.29, 0.717) is 6.54 Å². The monoisotopic (exact) mass is 261 g/mol. The van der Waals surface area contributed by atoms with Gasteiger partial charge in [0.15, 0.2) is 4.96 Å². The molecule has 2 rings (SSSR count). The molecule has 0 aliphatic rings. The third-order valence-corrected chi connectivity index (χ3v) is 3.11. The number of fused-ring (bicyclic) bond motifs is 1. The minimum Gasteiger partial charge on any atom is -0.395 e. The number of nitrogens with zero attached hydrogens (tertiary/aromatic N) is 3. The highest BCUT2D eigenvalue weighted by molar-refractivity contribution is 7.15. The molecule has 0 radical (unpaired) electrons. The van der Waals surface area contributed by atoms with Crippen molar-refractivity contribution >= 4 is 16.3 Å². The maximum absolute atomic E-state index is 12.3. The van der Waals surface area contributed by atoms with E-state index in [1.165, 1.54) is 16.2 Å². The average molecular weight is 261 g/mol. The third-order valence-electron chi connectivity index (χ3n) is 2.34. The molecule has 0 aliphatic heterocycles. The van der Waals surface area contributed by atoms with Gasteiger partial charge in [-0.25, -0.2) is 13.8 Å². The van der Waals surface area contributed by atoms with Gasteiger partial charge in [-0.2, -0.15) is 0 Å². The first-order chi connectivity index (χ1) is 8.19. The van der Waals surface area contributed by atoms with E-state index in [0.717, 1.165) is 10.7 Å². The second-order valence-corrected chi connectivity index (χ2v) is 4.55. The van der Waals surface area contributed by atoms with Gasteiger partial charge in [0.05, 0.1) is 18.8 Å². The summed E-state index contributed by atoms with van der Waals surface area (Å²) in [4.78, 5) is 6.66. The van der Waals surface area contributed by atoms with Crippen LogP contribution in [0.15, 0.2) is 17.8 Å². The van der Waals surface area contributed by atoms with E-state index in [4.69, 9.17) is 5.11 Å². The third kappa shape index (κ3) is 3.21. The number of hydrogen-bond acceptors (Lipinski definition) is 4. The molecule has 1 N–H and O–H groups in total. The maximum Gasteiger partial charge on any atom is 0.251 e. The molecule has 0 aromatic carbocycles. The lowest BCUT2D eigenvalue weighted by molar-refractivity contribution is 0.0741. The van der Waals surface area contributed by atoms with E-state index in [-0.39, 0.29) is 19.7 Å². The van der Waals surface area contributed by atoms with Crippen LogP contribution < -0.4 is 0 Å². The molecule has 7 heteroatoms. The summed E-state index contributed by atoms with van der Waals surface area (Å²) in [7, 11) is 0. The predicted octanol–water partition coefficient (Wildman–Crippen LogP) is 1.46. The smallest absolute Gasteiger partial charge is 0.251 e. The van der Waals surface area contributed by atoms with Crippen molar-refractivity contribution in [2.45, 2.75) is 13.0 Å². The number of imidazole rings is 1. The maximum atomic E-state index is 12.3. The Morgan fingerprint density at radius 1 is 1.53 bits per heavy atom. The second-order valence-electron chi connectivity index (χ2n) is 3.67. The highest BCUT2D eigenvalue weighted by Gasteiger charge is 2.13. The van der Waals surface area contributed by atoms with Gasteiger partial charge in [0, 0.05) is 30.9 Å². The molecule has 0 saturated carbocycles. The van der Waals surface area contributed by atoms with Crippen LogP contribution in [0.4, 0.5) is 8.78 Å². The van der Waals surface area contributed by atoms with Crippen molar-refractivity contribution in [2.75, 3.05) is 19.7 Å². The van der Waals surface area contributed by atoms with Crippen molar-refractivity contribution in [1.29, 1.82) is 0 Å². The van der Waals surface area contributed by atoms with Gasteiger partial charge in [0.1, 0.15) is 0 Å². The Morgan fingerprint density at radius 2 is 2.35 bits per heavy atom. The molecule has 94 valence electrons. The number of aromatic nitrogens is 2. The van der Waals surface area contributed by atoms with Crippen molar-refractivity contribution in [3.8, 4) is 0 Å². The van der Waals surface area contributed by atoms with Gasteiger partial charge in [-0.15, -0.1) is 11.3 Å². The number of aliphatic hydroxyl groups excluding tert-OH is 1. The Balaban J connectivity index is 2.03. The van der Waals surface area contributed by atoms with Crippen molar-refractivity contribution in [3.63, 3.8) is 0 Å². The molecule has 0 atom stereocenters. The lowest BCUT2D eigenvalue weighted by Gasteiger charge is -2.19. The molecule has 2 heterocycles. The van der Waals surface area contributed by atoms with Gasteiger partial charge < -0.3 is 5.11 Å². The summed E-state index contributed by atoms with van der Waals surface area (Å²) in [5.41, 5.74) is 0.742. The molecular formula is C10H13F2N3OS. The zero-order valence-electron chi connectivity index (χ0n) is 9.09. The standard InChI is InChI=1S/C10H13F2N3OS/c11-9(12)7-14(1-3-16)5-8-6-15-2-4-17-10(15)13-8/h2,4,6,9,16H,1,3,5,7H2. The summed E-state index contributed by atoms with van der Waals surface area (Å²) in [5, 5.41) is 10.7. The van der Waals surface area contributed by atoms with E-state index in [2.05, 4.69) is 4.98 Å². The molecular weight excluding hydrogens is 248 g/mol. The summed E-state index contributed by atoms with van der Waals surface area (Å²) in [6, 6.07) is 0. The second kappa shape index (κ2) is 5.52. The largest absolute Gasteiger partial charge is 0.395 e. The molecule has 4 nitrogen and oxygen atoms in total. The van der Waals surface area contributed by atoms with Gasteiger partial charge in [-0.3, -0.25) is 9.30 Å². The average Bonchev–Trinajstić information content (AvgIpc) is 2.76. The first-order valence-electron chi connectivity index (χ1n) is 5.21.